The molecule has 3 nitrogen and oxygen atoms in total. The fraction of sp³-hybridized carbons (Fsp3) is 0. The topological polar surface area (TPSA) is 34.9 Å². The van der Waals surface area contributed by atoms with Crippen molar-refractivity contribution in [1.82, 2.24) is 9.55 Å². The van der Waals surface area contributed by atoms with Gasteiger partial charge in [0.1, 0.15) is 12.1 Å². The Morgan fingerprint density at radius 2 is 1.62 bits per heavy atom. The Hall–Kier alpha value is -3.53. The molecule has 1 heterocycles. The van der Waals surface area contributed by atoms with E-state index in [0.29, 0.717) is 10.9 Å². The summed E-state index contributed by atoms with van der Waals surface area (Å²) >= 11 is 0. The van der Waals surface area contributed by atoms with Crippen LogP contribution in [0.1, 0.15) is 5.56 Å². The van der Waals surface area contributed by atoms with Crippen LogP contribution in [0.5, 0.6) is 0 Å². The number of halogens is 1. The van der Waals surface area contributed by atoms with E-state index in [-0.39, 0.29) is 11.4 Å². The number of benzene rings is 3. The number of aromatic nitrogens is 2. The summed E-state index contributed by atoms with van der Waals surface area (Å²) in [7, 11) is 0. The highest BCUT2D eigenvalue weighted by molar-refractivity contribution is 5.80. The van der Waals surface area contributed by atoms with E-state index in [1.165, 1.54) is 23.0 Å². The third-order valence-corrected chi connectivity index (χ3v) is 4.22. The largest absolute Gasteiger partial charge is 0.274 e. The molecule has 0 radical (unpaired) electrons. The van der Waals surface area contributed by atoms with Crippen LogP contribution in [-0.2, 0) is 0 Å². The molecule has 0 saturated carbocycles. The first-order valence-corrected chi connectivity index (χ1v) is 8.21. The maximum Gasteiger partial charge on any atom is 0.265 e. The molecule has 0 spiro atoms. The molecule has 126 valence electrons. The quantitative estimate of drug-likeness (QED) is 0.534. The van der Waals surface area contributed by atoms with E-state index < -0.39 is 0 Å². The van der Waals surface area contributed by atoms with Crippen molar-refractivity contribution in [3.63, 3.8) is 0 Å². The Balaban J connectivity index is 1.75. The molecular formula is C22H15FN2O. The van der Waals surface area contributed by atoms with E-state index in [2.05, 4.69) is 4.98 Å². The van der Waals surface area contributed by atoms with Crippen molar-refractivity contribution in [3.8, 4) is 11.1 Å². The fourth-order valence-corrected chi connectivity index (χ4v) is 2.88. The molecule has 4 rings (SSSR count). The van der Waals surface area contributed by atoms with Crippen molar-refractivity contribution in [2.24, 2.45) is 0 Å². The van der Waals surface area contributed by atoms with Gasteiger partial charge in [0.25, 0.3) is 5.56 Å². The smallest absolute Gasteiger partial charge is 0.265 e. The summed E-state index contributed by atoms with van der Waals surface area (Å²) < 4.78 is 14.6. The molecule has 4 heteroatoms. The van der Waals surface area contributed by atoms with Gasteiger partial charge >= 0.3 is 0 Å². The first-order chi connectivity index (χ1) is 12.7. The summed E-state index contributed by atoms with van der Waals surface area (Å²) in [6.07, 6.45) is 5.07. The van der Waals surface area contributed by atoms with E-state index in [9.17, 15) is 9.18 Å². The first kappa shape index (κ1) is 16.0. The predicted octanol–water partition coefficient (Wildman–Crippen LogP) is 4.83. The van der Waals surface area contributed by atoms with Gasteiger partial charge < -0.3 is 0 Å². The van der Waals surface area contributed by atoms with Gasteiger partial charge in [0.15, 0.2) is 0 Å². The zero-order chi connectivity index (χ0) is 17.9. The molecule has 3 aromatic carbocycles. The molecule has 0 aliphatic rings. The predicted molar refractivity (Wildman–Crippen MR) is 103 cm³/mol. The van der Waals surface area contributed by atoms with E-state index in [0.717, 1.165) is 16.7 Å². The van der Waals surface area contributed by atoms with Gasteiger partial charge in [-0.25, -0.2) is 9.37 Å². The van der Waals surface area contributed by atoms with Crippen LogP contribution < -0.4 is 5.56 Å². The Labute approximate surface area is 149 Å². The lowest BCUT2D eigenvalue weighted by Crippen LogP contribution is -2.15. The minimum atomic E-state index is -0.268. The molecule has 26 heavy (non-hydrogen) atoms. The zero-order valence-corrected chi connectivity index (χ0v) is 13.8. The molecule has 0 aliphatic carbocycles. The Morgan fingerprint density at radius 1 is 0.885 bits per heavy atom. The summed E-state index contributed by atoms with van der Waals surface area (Å²) in [6.45, 7) is 0. The highest BCUT2D eigenvalue weighted by atomic mass is 19.1. The Morgan fingerprint density at radius 3 is 2.46 bits per heavy atom. The summed E-state index contributed by atoms with van der Waals surface area (Å²) in [5, 5.41) is 0.575. The highest BCUT2D eigenvalue weighted by Gasteiger charge is 2.04. The molecule has 1 aromatic heterocycles. The van der Waals surface area contributed by atoms with Crippen LogP contribution in [0.15, 0.2) is 83.9 Å². The summed E-state index contributed by atoms with van der Waals surface area (Å²) in [5.41, 5.74) is 3.36. The van der Waals surface area contributed by atoms with Crippen molar-refractivity contribution in [3.05, 3.63) is 101 Å². The fourth-order valence-electron chi connectivity index (χ4n) is 2.88. The average Bonchev–Trinajstić information content (AvgIpc) is 2.69. The van der Waals surface area contributed by atoms with E-state index in [1.54, 1.807) is 24.4 Å². The zero-order valence-electron chi connectivity index (χ0n) is 13.8. The number of fused-ring (bicyclic) bond motifs is 1. The number of nitrogens with zero attached hydrogens (tertiary/aromatic N) is 2. The third kappa shape index (κ3) is 3.05. The van der Waals surface area contributed by atoms with Crippen LogP contribution in [-0.4, -0.2) is 9.55 Å². The second kappa shape index (κ2) is 6.76. The Bertz CT molecular complexity index is 1160. The van der Waals surface area contributed by atoms with Gasteiger partial charge in [-0.2, -0.15) is 0 Å². The minimum absolute atomic E-state index is 0.119. The highest BCUT2D eigenvalue weighted by Crippen LogP contribution is 2.25. The number of rotatable bonds is 3. The Kier molecular flexibility index (Phi) is 4.15. The molecule has 0 fully saturated rings. The van der Waals surface area contributed by atoms with Crippen LogP contribution in [0.3, 0.4) is 0 Å². The molecule has 0 saturated heterocycles. The second-order valence-electron chi connectivity index (χ2n) is 5.88. The summed E-state index contributed by atoms with van der Waals surface area (Å²) in [5.74, 6) is -0.268. The van der Waals surface area contributed by atoms with Crippen molar-refractivity contribution in [1.29, 1.82) is 0 Å². The van der Waals surface area contributed by atoms with E-state index in [1.807, 2.05) is 48.5 Å². The van der Waals surface area contributed by atoms with Crippen molar-refractivity contribution in [2.75, 3.05) is 0 Å². The van der Waals surface area contributed by atoms with Crippen LogP contribution in [0.25, 0.3) is 34.3 Å². The lowest BCUT2D eigenvalue weighted by molar-refractivity contribution is 0.628. The van der Waals surface area contributed by atoms with Gasteiger partial charge in [0, 0.05) is 6.20 Å². The van der Waals surface area contributed by atoms with Gasteiger partial charge in [-0.15, -0.1) is 0 Å². The maximum absolute atomic E-state index is 13.2. The van der Waals surface area contributed by atoms with E-state index >= 15 is 0 Å². The molecule has 0 unspecified atom stereocenters. The molecule has 0 aliphatic heterocycles. The van der Waals surface area contributed by atoms with Crippen LogP contribution >= 0.6 is 0 Å². The standard InChI is InChI=1S/C22H15FN2O/c23-18-11-9-17(10-12-18)19-6-2-1-5-16(19)13-14-25-15-24-21-8-4-3-7-20(21)22(25)26/h1-15H. The van der Waals surface area contributed by atoms with Crippen LogP contribution in [0.2, 0.25) is 0 Å². The molecule has 0 atom stereocenters. The molecule has 0 bridgehead atoms. The van der Waals surface area contributed by atoms with Gasteiger partial charge in [0.05, 0.1) is 10.9 Å². The monoisotopic (exact) mass is 342 g/mol. The van der Waals surface area contributed by atoms with Crippen molar-refractivity contribution >= 4 is 23.2 Å². The summed E-state index contributed by atoms with van der Waals surface area (Å²) in [6, 6.07) is 21.4. The van der Waals surface area contributed by atoms with Gasteiger partial charge in [0.2, 0.25) is 0 Å². The summed E-state index contributed by atoms with van der Waals surface area (Å²) in [4.78, 5) is 16.9. The SMILES string of the molecule is O=c1c2ccccc2ncn1C=Cc1ccccc1-c1ccc(F)cc1. The minimum Gasteiger partial charge on any atom is -0.274 e. The lowest BCUT2D eigenvalue weighted by Gasteiger charge is -2.07. The molecule has 0 N–H and O–H groups in total. The number of para-hydroxylation sites is 1. The lowest BCUT2D eigenvalue weighted by atomic mass is 10.00. The van der Waals surface area contributed by atoms with E-state index in [4.69, 9.17) is 0 Å². The van der Waals surface area contributed by atoms with Crippen molar-refractivity contribution < 1.29 is 4.39 Å². The van der Waals surface area contributed by atoms with Gasteiger partial charge in [-0.3, -0.25) is 9.36 Å². The van der Waals surface area contributed by atoms with Crippen LogP contribution in [0, 0.1) is 5.82 Å². The normalized spacial score (nSPS) is 11.3. The number of hydrogen-bond acceptors (Lipinski definition) is 2. The van der Waals surface area contributed by atoms with Gasteiger partial charge in [-0.1, -0.05) is 48.5 Å². The molecular weight excluding hydrogens is 327 g/mol. The number of hydrogen-bond donors (Lipinski definition) is 0. The van der Waals surface area contributed by atoms with Crippen LogP contribution in [0.4, 0.5) is 4.39 Å². The maximum atomic E-state index is 13.2. The second-order valence-corrected chi connectivity index (χ2v) is 5.88. The molecule has 4 aromatic rings. The average molecular weight is 342 g/mol. The first-order valence-electron chi connectivity index (χ1n) is 8.21. The van der Waals surface area contributed by atoms with Gasteiger partial charge in [-0.05, 0) is 47.0 Å². The third-order valence-electron chi connectivity index (χ3n) is 4.22. The molecule has 0 amide bonds. The van der Waals surface area contributed by atoms with Crippen molar-refractivity contribution in [2.45, 2.75) is 0 Å².